The van der Waals surface area contributed by atoms with Crippen molar-refractivity contribution >= 4 is 5.69 Å². The summed E-state index contributed by atoms with van der Waals surface area (Å²) < 4.78 is 5.50. The molecule has 76 valence electrons. The largest absolute Gasteiger partial charge is 0.382 e. The second-order valence-corrected chi connectivity index (χ2v) is 4.04. The molecule has 2 nitrogen and oxygen atoms in total. The van der Waals surface area contributed by atoms with Gasteiger partial charge in [-0.2, -0.15) is 0 Å². The van der Waals surface area contributed by atoms with E-state index in [0.717, 1.165) is 6.42 Å². The lowest BCUT2D eigenvalue weighted by atomic mass is 9.93. The number of fused-ring (bicyclic) bond motifs is 1. The third kappa shape index (κ3) is 1.50. The topological polar surface area (TPSA) is 21.3 Å². The molecule has 1 aliphatic rings. The lowest BCUT2D eigenvalue weighted by Gasteiger charge is -2.31. The number of benzene rings is 1. The second-order valence-electron chi connectivity index (χ2n) is 4.04. The van der Waals surface area contributed by atoms with Crippen LogP contribution >= 0.6 is 0 Å². The van der Waals surface area contributed by atoms with Crippen LogP contribution in [-0.2, 0) is 4.74 Å². The van der Waals surface area contributed by atoms with Crippen molar-refractivity contribution in [1.29, 1.82) is 0 Å². The maximum atomic E-state index is 5.50. The first kappa shape index (κ1) is 9.53. The van der Waals surface area contributed by atoms with Gasteiger partial charge >= 0.3 is 0 Å². The average molecular weight is 191 g/mol. The highest BCUT2D eigenvalue weighted by Gasteiger charge is 2.24. The molecular weight excluding hydrogens is 174 g/mol. The molecule has 0 saturated heterocycles. The first-order valence-corrected chi connectivity index (χ1v) is 5.11. The van der Waals surface area contributed by atoms with Crippen LogP contribution < -0.4 is 5.32 Å². The molecule has 0 fully saturated rings. The molecule has 1 aromatic rings. The number of hydrogen-bond acceptors (Lipinski definition) is 2. The highest BCUT2D eigenvalue weighted by Crippen LogP contribution is 2.36. The smallest absolute Gasteiger partial charge is 0.0860 e. The Morgan fingerprint density at radius 1 is 1.43 bits per heavy atom. The van der Waals surface area contributed by atoms with E-state index in [4.69, 9.17) is 4.74 Å². The average Bonchev–Trinajstić information content (AvgIpc) is 2.18. The van der Waals surface area contributed by atoms with Crippen LogP contribution in [0, 0.1) is 6.92 Å². The molecule has 1 aromatic carbocycles. The van der Waals surface area contributed by atoms with Gasteiger partial charge in [-0.05, 0) is 25.8 Å². The van der Waals surface area contributed by atoms with Crippen LogP contribution in [0.5, 0.6) is 0 Å². The van der Waals surface area contributed by atoms with Gasteiger partial charge in [0.2, 0.25) is 0 Å². The van der Waals surface area contributed by atoms with Crippen molar-refractivity contribution in [3.63, 3.8) is 0 Å². The van der Waals surface area contributed by atoms with E-state index >= 15 is 0 Å². The monoisotopic (exact) mass is 191 g/mol. The summed E-state index contributed by atoms with van der Waals surface area (Å²) in [6.07, 6.45) is 1.30. The number of hydrogen-bond donors (Lipinski definition) is 1. The zero-order chi connectivity index (χ0) is 10.1. The van der Waals surface area contributed by atoms with Crippen LogP contribution in [0.3, 0.4) is 0 Å². The van der Waals surface area contributed by atoms with Gasteiger partial charge in [-0.3, -0.25) is 0 Å². The zero-order valence-corrected chi connectivity index (χ0v) is 9.00. The molecule has 0 bridgehead atoms. The van der Waals surface area contributed by atoms with Crippen molar-refractivity contribution in [2.75, 3.05) is 12.4 Å². The van der Waals surface area contributed by atoms with Gasteiger partial charge < -0.3 is 10.1 Å². The minimum absolute atomic E-state index is 0.251. The molecule has 2 heteroatoms. The van der Waals surface area contributed by atoms with Gasteiger partial charge in [-0.25, -0.2) is 0 Å². The third-order valence-electron chi connectivity index (χ3n) is 2.89. The van der Waals surface area contributed by atoms with Gasteiger partial charge in [-0.15, -0.1) is 0 Å². The SMILES string of the molecule is COC1CC(C)Nc2c(C)cccc21. The number of ether oxygens (including phenoxy) is 1. The predicted octanol–water partition coefficient (Wildman–Crippen LogP) is 2.89. The quantitative estimate of drug-likeness (QED) is 0.737. The molecule has 0 spiro atoms. The van der Waals surface area contributed by atoms with Gasteiger partial charge in [0.1, 0.15) is 0 Å². The Morgan fingerprint density at radius 3 is 2.93 bits per heavy atom. The second kappa shape index (κ2) is 3.62. The summed E-state index contributed by atoms with van der Waals surface area (Å²) in [7, 11) is 1.79. The molecule has 2 atom stereocenters. The zero-order valence-electron chi connectivity index (χ0n) is 9.00. The first-order valence-electron chi connectivity index (χ1n) is 5.11. The summed E-state index contributed by atoms with van der Waals surface area (Å²) in [6, 6.07) is 6.87. The lowest BCUT2D eigenvalue weighted by Crippen LogP contribution is -2.26. The van der Waals surface area contributed by atoms with Gasteiger partial charge in [0.25, 0.3) is 0 Å². The normalized spacial score (nSPS) is 25.4. The summed E-state index contributed by atoms with van der Waals surface area (Å²) in [6.45, 7) is 4.33. The molecule has 0 aliphatic carbocycles. The Morgan fingerprint density at radius 2 is 2.21 bits per heavy atom. The summed E-state index contributed by atoms with van der Waals surface area (Å²) in [5.74, 6) is 0. The van der Waals surface area contributed by atoms with Crippen molar-refractivity contribution in [3.05, 3.63) is 29.3 Å². The number of aryl methyl sites for hydroxylation is 1. The Bertz CT molecular complexity index is 335. The van der Waals surface area contributed by atoms with E-state index in [1.54, 1.807) is 7.11 Å². The van der Waals surface area contributed by atoms with Gasteiger partial charge in [0, 0.05) is 24.4 Å². The molecular formula is C12H17NO. The van der Waals surface area contributed by atoms with E-state index in [1.165, 1.54) is 16.8 Å². The van der Waals surface area contributed by atoms with E-state index < -0.39 is 0 Å². The molecule has 0 saturated carbocycles. The maximum Gasteiger partial charge on any atom is 0.0860 e. The summed E-state index contributed by atoms with van der Waals surface area (Å²) in [5.41, 5.74) is 3.86. The van der Waals surface area contributed by atoms with Crippen LogP contribution in [0.2, 0.25) is 0 Å². The van der Waals surface area contributed by atoms with Crippen LogP contribution in [0.4, 0.5) is 5.69 Å². The van der Waals surface area contributed by atoms with Crippen molar-refractivity contribution in [1.82, 2.24) is 0 Å². The standard InChI is InChI=1S/C12H17NO/c1-8-5-4-6-10-11(14-3)7-9(2)13-12(8)10/h4-6,9,11,13H,7H2,1-3H3. The van der Waals surface area contributed by atoms with Crippen molar-refractivity contribution in [2.24, 2.45) is 0 Å². The fraction of sp³-hybridized carbons (Fsp3) is 0.500. The van der Waals surface area contributed by atoms with Crippen molar-refractivity contribution in [3.8, 4) is 0 Å². The highest BCUT2D eigenvalue weighted by molar-refractivity contribution is 5.60. The van der Waals surface area contributed by atoms with Gasteiger partial charge in [0.05, 0.1) is 6.10 Å². The Balaban J connectivity index is 2.45. The molecule has 0 aromatic heterocycles. The number of anilines is 1. The Kier molecular flexibility index (Phi) is 2.46. The molecule has 0 radical (unpaired) electrons. The van der Waals surface area contributed by atoms with Crippen LogP contribution in [0.15, 0.2) is 18.2 Å². The fourth-order valence-electron chi connectivity index (χ4n) is 2.13. The van der Waals surface area contributed by atoms with E-state index in [1.807, 2.05) is 0 Å². The summed E-state index contributed by atoms with van der Waals surface area (Å²) in [4.78, 5) is 0. The number of para-hydroxylation sites is 1. The fourth-order valence-corrected chi connectivity index (χ4v) is 2.13. The van der Waals surface area contributed by atoms with Crippen LogP contribution in [-0.4, -0.2) is 13.2 Å². The van der Waals surface area contributed by atoms with E-state index in [9.17, 15) is 0 Å². The van der Waals surface area contributed by atoms with Crippen molar-refractivity contribution < 1.29 is 4.74 Å². The van der Waals surface area contributed by atoms with E-state index in [-0.39, 0.29) is 6.10 Å². The van der Waals surface area contributed by atoms with E-state index in [0.29, 0.717) is 6.04 Å². The maximum absolute atomic E-state index is 5.50. The lowest BCUT2D eigenvalue weighted by molar-refractivity contribution is 0.0894. The number of rotatable bonds is 1. The molecule has 1 heterocycles. The van der Waals surface area contributed by atoms with E-state index in [2.05, 4.69) is 37.4 Å². The molecule has 1 aliphatic heterocycles. The highest BCUT2D eigenvalue weighted by atomic mass is 16.5. The number of methoxy groups -OCH3 is 1. The first-order chi connectivity index (χ1) is 6.72. The van der Waals surface area contributed by atoms with Crippen LogP contribution in [0.1, 0.15) is 30.6 Å². The number of nitrogens with one attached hydrogen (secondary N) is 1. The molecule has 0 amide bonds. The molecule has 2 unspecified atom stereocenters. The Hall–Kier alpha value is -1.02. The molecule has 1 N–H and O–H groups in total. The summed E-state index contributed by atoms with van der Waals surface area (Å²) in [5, 5.41) is 3.51. The van der Waals surface area contributed by atoms with Crippen LogP contribution in [0.25, 0.3) is 0 Å². The minimum atomic E-state index is 0.251. The van der Waals surface area contributed by atoms with Gasteiger partial charge in [0.15, 0.2) is 0 Å². The third-order valence-corrected chi connectivity index (χ3v) is 2.89. The predicted molar refractivity (Wildman–Crippen MR) is 58.6 cm³/mol. The molecule has 2 rings (SSSR count). The minimum Gasteiger partial charge on any atom is -0.382 e. The summed E-state index contributed by atoms with van der Waals surface area (Å²) >= 11 is 0. The van der Waals surface area contributed by atoms with Gasteiger partial charge in [-0.1, -0.05) is 18.2 Å². The van der Waals surface area contributed by atoms with Crippen molar-refractivity contribution in [2.45, 2.75) is 32.4 Å². The Labute approximate surface area is 85.3 Å². The molecule has 14 heavy (non-hydrogen) atoms.